The topological polar surface area (TPSA) is 17.1 Å². The van der Waals surface area contributed by atoms with Gasteiger partial charge in [0.1, 0.15) is 0 Å². The highest BCUT2D eigenvalue weighted by Gasteiger charge is 2.03. The Bertz CT molecular complexity index is 503. The van der Waals surface area contributed by atoms with E-state index in [1.165, 1.54) is 5.56 Å². The summed E-state index contributed by atoms with van der Waals surface area (Å²) < 4.78 is 0. The first-order chi connectivity index (χ1) is 6.68. The third-order valence-electron chi connectivity index (χ3n) is 2.33. The SMILES string of the molecule is Cc1cccc2cc(C(=O)Cl)ccc12. The zero-order valence-electron chi connectivity index (χ0n) is 7.75. The Labute approximate surface area is 87.3 Å². The van der Waals surface area contributed by atoms with Crippen molar-refractivity contribution in [1.29, 1.82) is 0 Å². The van der Waals surface area contributed by atoms with Crippen LogP contribution in [0.15, 0.2) is 36.4 Å². The van der Waals surface area contributed by atoms with Crippen LogP contribution in [0.2, 0.25) is 0 Å². The lowest BCUT2D eigenvalue weighted by Crippen LogP contribution is -1.88. The molecule has 70 valence electrons. The fourth-order valence-electron chi connectivity index (χ4n) is 1.57. The molecule has 0 heterocycles. The van der Waals surface area contributed by atoms with E-state index in [-0.39, 0.29) is 0 Å². The number of hydrogen-bond acceptors (Lipinski definition) is 1. The van der Waals surface area contributed by atoms with Crippen molar-refractivity contribution in [3.63, 3.8) is 0 Å². The van der Waals surface area contributed by atoms with E-state index in [2.05, 4.69) is 0 Å². The quantitative estimate of drug-likeness (QED) is 0.650. The number of benzene rings is 2. The van der Waals surface area contributed by atoms with Crippen LogP contribution in [-0.4, -0.2) is 5.24 Å². The Morgan fingerprint density at radius 3 is 2.71 bits per heavy atom. The van der Waals surface area contributed by atoms with Crippen LogP contribution in [0, 0.1) is 6.92 Å². The second-order valence-corrected chi connectivity index (χ2v) is 3.63. The average Bonchev–Trinajstić information content (AvgIpc) is 2.17. The highest BCUT2D eigenvalue weighted by molar-refractivity contribution is 6.67. The minimum Gasteiger partial charge on any atom is -0.276 e. The molecule has 0 aliphatic carbocycles. The number of fused-ring (bicyclic) bond motifs is 1. The van der Waals surface area contributed by atoms with Crippen molar-refractivity contribution in [1.82, 2.24) is 0 Å². The zero-order chi connectivity index (χ0) is 10.1. The number of hydrogen-bond donors (Lipinski definition) is 0. The fraction of sp³-hybridized carbons (Fsp3) is 0.0833. The summed E-state index contributed by atoms with van der Waals surface area (Å²) >= 11 is 5.40. The minimum absolute atomic E-state index is 0.409. The Kier molecular flexibility index (Phi) is 2.26. The summed E-state index contributed by atoms with van der Waals surface area (Å²) in [7, 11) is 0. The lowest BCUT2D eigenvalue weighted by atomic mass is 10.0. The smallest absolute Gasteiger partial charge is 0.252 e. The lowest BCUT2D eigenvalue weighted by Gasteiger charge is -2.02. The summed E-state index contributed by atoms with van der Waals surface area (Å²) in [5.41, 5.74) is 1.75. The van der Waals surface area contributed by atoms with Crippen LogP contribution in [0.25, 0.3) is 10.8 Å². The van der Waals surface area contributed by atoms with Crippen molar-refractivity contribution < 1.29 is 4.79 Å². The van der Waals surface area contributed by atoms with Gasteiger partial charge in [0.2, 0.25) is 0 Å². The molecule has 0 aliphatic heterocycles. The molecule has 2 rings (SSSR count). The highest BCUT2D eigenvalue weighted by atomic mass is 35.5. The molecule has 0 unspecified atom stereocenters. The lowest BCUT2D eigenvalue weighted by molar-refractivity contribution is 0.108. The second-order valence-electron chi connectivity index (χ2n) is 3.28. The summed E-state index contributed by atoms with van der Waals surface area (Å²) in [6.45, 7) is 2.05. The molecule has 0 fully saturated rings. The van der Waals surface area contributed by atoms with Gasteiger partial charge in [-0.3, -0.25) is 4.79 Å². The Balaban J connectivity index is 2.73. The molecular formula is C12H9ClO. The van der Waals surface area contributed by atoms with Crippen LogP contribution in [0.5, 0.6) is 0 Å². The molecule has 0 aromatic heterocycles. The van der Waals surface area contributed by atoms with Gasteiger partial charge in [-0.1, -0.05) is 24.3 Å². The molecule has 1 nitrogen and oxygen atoms in total. The van der Waals surface area contributed by atoms with Crippen LogP contribution in [0.4, 0.5) is 0 Å². The number of aryl methyl sites for hydroxylation is 1. The molecule has 0 spiro atoms. The first-order valence-corrected chi connectivity index (χ1v) is 4.75. The van der Waals surface area contributed by atoms with E-state index in [9.17, 15) is 4.79 Å². The van der Waals surface area contributed by atoms with Gasteiger partial charge in [0, 0.05) is 5.56 Å². The summed E-state index contributed by atoms with van der Waals surface area (Å²) in [5.74, 6) is 0. The molecule has 0 aliphatic rings. The number of rotatable bonds is 1. The summed E-state index contributed by atoms with van der Waals surface area (Å²) in [5, 5.41) is 1.80. The first kappa shape index (κ1) is 9.22. The molecule has 0 radical (unpaired) electrons. The Morgan fingerprint density at radius 2 is 2.00 bits per heavy atom. The largest absolute Gasteiger partial charge is 0.276 e. The molecule has 0 N–H and O–H groups in total. The van der Waals surface area contributed by atoms with E-state index >= 15 is 0 Å². The van der Waals surface area contributed by atoms with Crippen LogP contribution in [-0.2, 0) is 0 Å². The Hall–Kier alpha value is -1.34. The number of carbonyl (C=O) groups excluding carboxylic acids is 1. The molecule has 2 aromatic rings. The van der Waals surface area contributed by atoms with Gasteiger partial charge in [0.05, 0.1) is 0 Å². The predicted molar refractivity (Wildman–Crippen MR) is 58.9 cm³/mol. The van der Waals surface area contributed by atoms with Gasteiger partial charge in [-0.25, -0.2) is 0 Å². The maximum Gasteiger partial charge on any atom is 0.252 e. The highest BCUT2D eigenvalue weighted by Crippen LogP contribution is 2.20. The molecule has 0 bridgehead atoms. The van der Waals surface area contributed by atoms with Crippen LogP contribution < -0.4 is 0 Å². The van der Waals surface area contributed by atoms with Crippen molar-refractivity contribution in [3.8, 4) is 0 Å². The molecular weight excluding hydrogens is 196 g/mol. The van der Waals surface area contributed by atoms with Gasteiger partial charge >= 0.3 is 0 Å². The molecule has 0 saturated carbocycles. The van der Waals surface area contributed by atoms with Gasteiger partial charge in [-0.2, -0.15) is 0 Å². The zero-order valence-corrected chi connectivity index (χ0v) is 8.51. The maximum absolute atomic E-state index is 10.9. The average molecular weight is 205 g/mol. The van der Waals surface area contributed by atoms with Gasteiger partial charge < -0.3 is 0 Å². The van der Waals surface area contributed by atoms with E-state index in [0.717, 1.165) is 10.8 Å². The standard InChI is InChI=1S/C12H9ClO/c1-8-3-2-4-9-7-10(12(13)14)5-6-11(8)9/h2-7H,1H3. The van der Waals surface area contributed by atoms with Crippen LogP contribution in [0.3, 0.4) is 0 Å². The van der Waals surface area contributed by atoms with Crippen molar-refractivity contribution in [2.45, 2.75) is 6.92 Å². The van der Waals surface area contributed by atoms with E-state index in [1.54, 1.807) is 6.07 Å². The molecule has 2 aromatic carbocycles. The summed E-state index contributed by atoms with van der Waals surface area (Å²) in [4.78, 5) is 10.9. The van der Waals surface area contributed by atoms with Crippen molar-refractivity contribution in [2.24, 2.45) is 0 Å². The van der Waals surface area contributed by atoms with E-state index in [0.29, 0.717) is 5.56 Å². The van der Waals surface area contributed by atoms with Crippen molar-refractivity contribution in [3.05, 3.63) is 47.5 Å². The minimum atomic E-state index is -0.409. The molecule has 0 amide bonds. The monoisotopic (exact) mass is 204 g/mol. The van der Waals surface area contributed by atoms with E-state index in [1.807, 2.05) is 37.3 Å². The Morgan fingerprint density at radius 1 is 1.21 bits per heavy atom. The molecule has 14 heavy (non-hydrogen) atoms. The fourth-order valence-corrected chi connectivity index (χ4v) is 1.69. The first-order valence-electron chi connectivity index (χ1n) is 4.38. The second kappa shape index (κ2) is 3.43. The predicted octanol–water partition coefficient (Wildman–Crippen LogP) is 3.53. The maximum atomic E-state index is 10.9. The summed E-state index contributed by atoms with van der Waals surface area (Å²) in [6.07, 6.45) is 0. The third-order valence-corrected chi connectivity index (χ3v) is 2.54. The number of carbonyl (C=O) groups is 1. The molecule has 0 saturated heterocycles. The molecule has 0 atom stereocenters. The normalized spacial score (nSPS) is 10.4. The van der Waals surface area contributed by atoms with Crippen molar-refractivity contribution >= 4 is 27.6 Å². The third kappa shape index (κ3) is 1.51. The van der Waals surface area contributed by atoms with Gasteiger partial charge in [0.25, 0.3) is 5.24 Å². The number of halogens is 1. The van der Waals surface area contributed by atoms with Crippen LogP contribution in [0.1, 0.15) is 15.9 Å². The van der Waals surface area contributed by atoms with Crippen LogP contribution >= 0.6 is 11.6 Å². The van der Waals surface area contributed by atoms with Gasteiger partial charge in [-0.05, 0) is 47.0 Å². The van der Waals surface area contributed by atoms with Crippen molar-refractivity contribution in [2.75, 3.05) is 0 Å². The van der Waals surface area contributed by atoms with Gasteiger partial charge in [-0.15, -0.1) is 0 Å². The summed E-state index contributed by atoms with van der Waals surface area (Å²) in [6, 6.07) is 11.5. The van der Waals surface area contributed by atoms with E-state index in [4.69, 9.17) is 11.6 Å². The molecule has 2 heteroatoms. The van der Waals surface area contributed by atoms with E-state index < -0.39 is 5.24 Å². The van der Waals surface area contributed by atoms with Gasteiger partial charge in [0.15, 0.2) is 0 Å².